The van der Waals surface area contributed by atoms with Crippen LogP contribution in [0.25, 0.3) is 0 Å². The summed E-state index contributed by atoms with van der Waals surface area (Å²) in [6.45, 7) is -6.48. The summed E-state index contributed by atoms with van der Waals surface area (Å²) in [5, 5.41) is 0. The average Bonchev–Trinajstić information content (AvgIpc) is 0.728. The van der Waals surface area contributed by atoms with Crippen molar-refractivity contribution in [3.8, 4) is 0 Å². The van der Waals surface area contributed by atoms with Gasteiger partial charge in [-0.1, -0.05) is 0 Å². The van der Waals surface area contributed by atoms with Crippen molar-refractivity contribution in [2.24, 2.45) is 0 Å². The molecule has 0 rings (SSSR count). The number of ether oxygens (including phenoxy) is 9. The Morgan fingerprint density at radius 2 is 0.758 bits per heavy atom. The highest BCUT2D eigenvalue weighted by Crippen LogP contribution is 2.57. The smallest absolute Gasteiger partial charge is 0.466 e. The summed E-state index contributed by atoms with van der Waals surface area (Å²) in [7, 11) is 0.500. The molecule has 3 unspecified atom stereocenters. The second kappa shape index (κ2) is 38.3. The number of halogens is 49. The van der Waals surface area contributed by atoms with Gasteiger partial charge < -0.3 is 23.7 Å². The summed E-state index contributed by atoms with van der Waals surface area (Å²) in [6, 6.07) is 0. The van der Waals surface area contributed by atoms with E-state index in [-0.39, 0.29) is 13.2 Å². The van der Waals surface area contributed by atoms with Gasteiger partial charge in [0.05, 0.1) is 27.0 Å². The molecule has 602 valence electrons. The molecule has 0 aliphatic carbocycles. The molecule has 0 N–H and O–H groups in total. The van der Waals surface area contributed by atoms with Crippen molar-refractivity contribution in [2.45, 2.75) is 162 Å². The lowest BCUT2D eigenvalue weighted by molar-refractivity contribution is -0.548. The normalized spacial score (nSPS) is 15.6. The van der Waals surface area contributed by atoms with Crippen molar-refractivity contribution < 1.29 is 282 Å². The van der Waals surface area contributed by atoms with E-state index in [1.165, 1.54) is 18.6 Å². The molecule has 0 saturated heterocycles. The second-order valence-electron chi connectivity index (χ2n) is 15.3. The number of carbonyl (C=O) groups excluding carboxylic acids is 3. The molecule has 0 aromatic carbocycles. The monoisotopic (exact) mass is 1620 g/mol. The Morgan fingerprint density at radius 1 is 0.374 bits per heavy atom. The van der Waals surface area contributed by atoms with E-state index < -0.39 is 186 Å². The molecule has 0 aliphatic heterocycles. The van der Waals surface area contributed by atoms with Crippen LogP contribution >= 0.6 is 0 Å². The Kier molecular flexibility index (Phi) is 41.4. The van der Waals surface area contributed by atoms with Crippen LogP contribution in [-0.4, -0.2) is 187 Å². The SMILES string of the molecule is CC(F)(F)C(F)(F)OC(F)(F)C(F)(F)OC(F)(F)CF.CCOC(=O)C(F)(OC(F)(F)C(F)(OC(F)(F)C(F)(F)C(F)(F)F)C(F)(F)F)C(F)(F)F.CCOC(=O)CC(F)(F)F.CCOC(=O)F.CF.FOC(F)(F)CC(F)(F)F.FOCOC(F)(C(F)(F)F)C(F)(F)OCC(F)(F)F. The van der Waals surface area contributed by atoms with Crippen molar-refractivity contribution >= 4 is 18.2 Å². The first-order valence-electron chi connectivity index (χ1n) is 21.9. The molecule has 0 heterocycles. The summed E-state index contributed by atoms with van der Waals surface area (Å²) in [5.41, 5.74) is 0. The Balaban J connectivity index is -0.000000220. The van der Waals surface area contributed by atoms with Crippen molar-refractivity contribution in [2.75, 3.05) is 47.1 Å². The van der Waals surface area contributed by atoms with Gasteiger partial charge >= 0.3 is 140 Å². The van der Waals surface area contributed by atoms with E-state index in [1.54, 1.807) is 9.68 Å². The molecule has 0 aromatic rings. The lowest BCUT2D eigenvalue weighted by Gasteiger charge is -2.39. The van der Waals surface area contributed by atoms with Crippen LogP contribution in [0.4, 0.5) is 220 Å². The van der Waals surface area contributed by atoms with Gasteiger partial charge in [0.1, 0.15) is 19.4 Å². The van der Waals surface area contributed by atoms with Crippen molar-refractivity contribution in [3.05, 3.63) is 0 Å². The third-order valence-electron chi connectivity index (χ3n) is 7.33. The minimum atomic E-state index is -8.03. The molecule has 0 bridgehead atoms. The third kappa shape index (κ3) is 36.9. The molecule has 0 aromatic heterocycles. The van der Waals surface area contributed by atoms with Gasteiger partial charge in [0.25, 0.3) is 0 Å². The zero-order valence-corrected chi connectivity index (χ0v) is 46.4. The maximum absolute atomic E-state index is 13.8. The number of carbonyl (C=O) groups is 3. The van der Waals surface area contributed by atoms with Gasteiger partial charge in [0.15, 0.2) is 13.5 Å². The molecular formula is C36H31F49O14. The molecule has 0 fully saturated rings. The number of rotatable bonds is 26. The van der Waals surface area contributed by atoms with Crippen LogP contribution in [0.3, 0.4) is 0 Å². The van der Waals surface area contributed by atoms with E-state index in [4.69, 9.17) is 4.79 Å². The van der Waals surface area contributed by atoms with Gasteiger partial charge in [0, 0.05) is 6.92 Å². The molecule has 99 heavy (non-hydrogen) atoms. The fourth-order valence-electron chi connectivity index (χ4n) is 3.40. The molecular weight excluding hydrogens is 1590 g/mol. The second-order valence-corrected chi connectivity index (χ2v) is 15.3. The van der Waals surface area contributed by atoms with Crippen molar-refractivity contribution in [3.63, 3.8) is 0 Å². The molecule has 14 nitrogen and oxygen atoms in total. The van der Waals surface area contributed by atoms with E-state index in [2.05, 4.69) is 28.6 Å². The Morgan fingerprint density at radius 3 is 1.01 bits per heavy atom. The van der Waals surface area contributed by atoms with Crippen molar-refractivity contribution in [1.82, 2.24) is 0 Å². The maximum atomic E-state index is 13.8. The lowest BCUT2D eigenvalue weighted by atomic mass is 10.2. The van der Waals surface area contributed by atoms with Gasteiger partial charge in [-0.25, -0.2) is 23.5 Å². The Hall–Kier alpha value is -5.34. The molecule has 63 heteroatoms. The van der Waals surface area contributed by atoms with Crippen LogP contribution in [-0.2, 0) is 62.1 Å². The number of hydrogen-bond donors (Lipinski definition) is 0. The standard InChI is InChI=1S/C11H5F17O4.C7H5F11O2.C6H4F10O3.C5H7F3O2.C3H2F6O.C3H5FO2.CH3F/c1-2-30-3(29)4(12,7(16,17)18)31-11(27,28)6(15,9(22,23)24)32-10(25,26)5(13,14)8(19,20)21;1-3(9,10)5(13,14)20-7(17,18)6(15,16)19-4(11,12)2-8;7-3(8,9)1-17-6(14,15)4(10,5(11,12)13)18-2-19-16;1-2-10-4(9)3-5(6,7)8;4-2(5,6)1-3(7,8)10-9;1-2-6-3(4)5;1-2/h2H2,1H3;2H2,1H3;1-2H2;2-3H2,1H3;1H2;2H2,1H3;1H3. The minimum Gasteiger partial charge on any atom is -0.466 e. The highest BCUT2D eigenvalue weighted by molar-refractivity contribution is 5.78. The topological polar surface area (TPSA) is 153 Å². The van der Waals surface area contributed by atoms with Crippen LogP contribution in [0.5, 0.6) is 0 Å². The average molecular weight is 1620 g/mol. The summed E-state index contributed by atoms with van der Waals surface area (Å²) < 4.78 is 616. The molecule has 0 spiro atoms. The van der Waals surface area contributed by atoms with Gasteiger partial charge in [-0.3, -0.25) is 18.7 Å². The quantitative estimate of drug-likeness (QED) is 0.0265. The highest BCUT2D eigenvalue weighted by Gasteiger charge is 2.86. The minimum absolute atomic E-state index is 0.0189. The van der Waals surface area contributed by atoms with E-state index in [1.807, 2.05) is 9.47 Å². The van der Waals surface area contributed by atoms with Gasteiger partial charge in [-0.15, -0.1) is 9.33 Å². The molecule has 3 atom stereocenters. The first-order valence-corrected chi connectivity index (χ1v) is 21.9. The van der Waals surface area contributed by atoms with Gasteiger partial charge in [-0.2, -0.15) is 198 Å². The lowest BCUT2D eigenvalue weighted by Crippen LogP contribution is -2.68. The van der Waals surface area contributed by atoms with Crippen molar-refractivity contribution in [1.29, 1.82) is 0 Å². The zero-order chi connectivity index (χ0) is 82.2. The van der Waals surface area contributed by atoms with Crippen LogP contribution in [0.2, 0.25) is 0 Å². The maximum Gasteiger partial charge on any atom is 0.495 e. The Labute approximate surface area is 510 Å². The largest absolute Gasteiger partial charge is 0.495 e. The van der Waals surface area contributed by atoms with Crippen LogP contribution in [0, 0.1) is 0 Å². The summed E-state index contributed by atoms with van der Waals surface area (Å²) in [5.74, 6) is -38.9. The molecule has 0 radical (unpaired) electrons. The molecule has 0 saturated carbocycles. The fourth-order valence-corrected chi connectivity index (χ4v) is 3.40. The zero-order valence-electron chi connectivity index (χ0n) is 46.4. The van der Waals surface area contributed by atoms with Gasteiger partial charge in [0.2, 0.25) is 0 Å². The first kappa shape index (κ1) is 107. The number of hydrogen-bond acceptors (Lipinski definition) is 14. The number of alkyl halides is 46. The molecule has 0 aliphatic rings. The summed E-state index contributed by atoms with van der Waals surface area (Å²) in [6.07, 6.45) is -101. The van der Waals surface area contributed by atoms with E-state index >= 15 is 0 Å². The van der Waals surface area contributed by atoms with E-state index in [9.17, 15) is 225 Å². The van der Waals surface area contributed by atoms with Crippen LogP contribution in [0.1, 0.15) is 40.5 Å². The van der Waals surface area contributed by atoms with E-state index in [0.717, 1.165) is 0 Å². The summed E-state index contributed by atoms with van der Waals surface area (Å²) in [4.78, 5) is 34.2. The third-order valence-corrected chi connectivity index (χ3v) is 7.33. The fraction of sp³-hybridized carbons (Fsp3) is 0.917. The highest BCUT2D eigenvalue weighted by atomic mass is 19.5. The van der Waals surface area contributed by atoms with Crippen LogP contribution in [0.15, 0.2) is 0 Å². The summed E-state index contributed by atoms with van der Waals surface area (Å²) >= 11 is 0. The van der Waals surface area contributed by atoms with Crippen LogP contribution < -0.4 is 0 Å². The predicted molar refractivity (Wildman–Crippen MR) is 203 cm³/mol. The number of esters is 2. The molecule has 0 amide bonds. The Bertz CT molecular complexity index is 2310. The van der Waals surface area contributed by atoms with Gasteiger partial charge in [-0.05, 0) is 29.8 Å². The first-order chi connectivity index (χ1) is 42.9. The predicted octanol–water partition coefficient (Wildman–Crippen LogP) is 18.3. The van der Waals surface area contributed by atoms with E-state index in [0.29, 0.717) is 14.1 Å².